The quantitative estimate of drug-likeness (QED) is 0.760. The molecule has 0 saturated heterocycles. The molecule has 1 rings (SSSR count). The van der Waals surface area contributed by atoms with E-state index in [1.54, 1.807) is 19.4 Å². The molecule has 0 aliphatic heterocycles. The molecule has 1 N–H and O–H groups in total. The van der Waals surface area contributed by atoms with E-state index >= 15 is 0 Å². The van der Waals surface area contributed by atoms with Gasteiger partial charge in [-0.3, -0.25) is 0 Å². The summed E-state index contributed by atoms with van der Waals surface area (Å²) in [4.78, 5) is 6.20. The normalized spacial score (nSPS) is 11.4. The first-order valence-electron chi connectivity index (χ1n) is 7.56. The third-order valence-electron chi connectivity index (χ3n) is 3.10. The number of methoxy groups -OCH3 is 1. The van der Waals surface area contributed by atoms with Crippen molar-refractivity contribution < 1.29 is 9.13 Å². The molecule has 21 heavy (non-hydrogen) atoms. The van der Waals surface area contributed by atoms with Gasteiger partial charge in [0.15, 0.2) is 11.6 Å². The molecule has 0 bridgehead atoms. The third-order valence-corrected chi connectivity index (χ3v) is 3.10. The van der Waals surface area contributed by atoms with Crippen molar-refractivity contribution in [1.29, 1.82) is 0 Å². The lowest BCUT2D eigenvalue weighted by Gasteiger charge is -2.26. The Morgan fingerprint density at radius 1 is 1.33 bits per heavy atom. The van der Waals surface area contributed by atoms with Crippen molar-refractivity contribution >= 4 is 5.82 Å². The highest BCUT2D eigenvalue weighted by atomic mass is 19.1. The second kappa shape index (κ2) is 8.95. The average molecular weight is 297 g/mol. The van der Waals surface area contributed by atoms with Gasteiger partial charge in [-0.25, -0.2) is 9.37 Å². The Labute approximate surface area is 127 Å². The van der Waals surface area contributed by atoms with Crippen LogP contribution < -0.4 is 10.2 Å². The Bertz CT molecular complexity index is 424. The number of aromatic nitrogens is 1. The molecule has 0 aliphatic carbocycles. The maximum absolute atomic E-state index is 14.7. The smallest absolute Gasteiger partial charge is 0.170 e. The number of pyridine rings is 1. The highest BCUT2D eigenvalue weighted by Crippen LogP contribution is 2.20. The van der Waals surface area contributed by atoms with E-state index in [-0.39, 0.29) is 5.82 Å². The molecule has 1 aromatic rings. The molecule has 4 nitrogen and oxygen atoms in total. The molecule has 0 saturated carbocycles. The first-order valence-corrected chi connectivity index (χ1v) is 7.56. The molecule has 0 unspecified atom stereocenters. The maximum atomic E-state index is 14.7. The van der Waals surface area contributed by atoms with E-state index in [1.165, 1.54) is 0 Å². The lowest BCUT2D eigenvalue weighted by Crippen LogP contribution is -2.33. The lowest BCUT2D eigenvalue weighted by atomic mass is 10.2. The predicted molar refractivity (Wildman–Crippen MR) is 85.1 cm³/mol. The van der Waals surface area contributed by atoms with Crippen LogP contribution in [0.2, 0.25) is 0 Å². The van der Waals surface area contributed by atoms with Gasteiger partial charge in [0.05, 0.1) is 6.61 Å². The van der Waals surface area contributed by atoms with E-state index in [4.69, 9.17) is 4.74 Å². The number of rotatable bonds is 9. The summed E-state index contributed by atoms with van der Waals surface area (Å²) in [6.45, 7) is 10.8. The van der Waals surface area contributed by atoms with E-state index in [0.717, 1.165) is 6.54 Å². The third kappa shape index (κ3) is 5.98. The monoisotopic (exact) mass is 297 g/mol. The summed E-state index contributed by atoms with van der Waals surface area (Å²) in [6.07, 6.45) is 1.68. The van der Waals surface area contributed by atoms with Gasteiger partial charge in [0.25, 0.3) is 0 Å². The highest BCUT2D eigenvalue weighted by Gasteiger charge is 2.17. The Balaban J connectivity index is 2.93. The minimum Gasteiger partial charge on any atom is -0.383 e. The van der Waals surface area contributed by atoms with Gasteiger partial charge < -0.3 is 15.0 Å². The van der Waals surface area contributed by atoms with Crippen LogP contribution in [-0.4, -0.2) is 37.8 Å². The minimum absolute atomic E-state index is 0.234. The molecule has 0 aromatic carbocycles. The van der Waals surface area contributed by atoms with E-state index < -0.39 is 0 Å². The largest absolute Gasteiger partial charge is 0.383 e. The summed E-state index contributed by atoms with van der Waals surface area (Å²) in [7, 11) is 1.65. The standard InChI is InChI=1S/C16H28FN3O/c1-12(2)11-20(8-9-21-5)16-15(17)14(6-7-18-16)10-19-13(3)4/h6-7,12-13,19H,8-11H2,1-5H3. The number of nitrogens with one attached hydrogen (secondary N) is 1. The molecule has 120 valence electrons. The summed E-state index contributed by atoms with van der Waals surface area (Å²) >= 11 is 0. The van der Waals surface area contributed by atoms with Crippen molar-refractivity contribution in [2.24, 2.45) is 5.92 Å². The number of hydrogen-bond donors (Lipinski definition) is 1. The van der Waals surface area contributed by atoms with Gasteiger partial charge in [-0.1, -0.05) is 27.7 Å². The lowest BCUT2D eigenvalue weighted by molar-refractivity contribution is 0.204. The molecule has 1 heterocycles. The van der Waals surface area contributed by atoms with Crippen molar-refractivity contribution in [2.45, 2.75) is 40.3 Å². The summed E-state index contributed by atoms with van der Waals surface area (Å²) in [6, 6.07) is 2.05. The summed E-state index contributed by atoms with van der Waals surface area (Å²) in [5.41, 5.74) is 0.653. The molecule has 0 atom stereocenters. The number of halogens is 1. The average Bonchev–Trinajstić information content (AvgIpc) is 2.42. The Kier molecular flexibility index (Phi) is 7.61. The van der Waals surface area contributed by atoms with Crippen molar-refractivity contribution in [2.75, 3.05) is 31.7 Å². The number of anilines is 1. The first-order chi connectivity index (χ1) is 9.95. The second-order valence-corrected chi connectivity index (χ2v) is 5.98. The zero-order valence-electron chi connectivity index (χ0n) is 13.8. The fraction of sp³-hybridized carbons (Fsp3) is 0.688. The summed E-state index contributed by atoms with van der Waals surface area (Å²) in [5.74, 6) is 0.617. The van der Waals surface area contributed by atoms with E-state index in [2.05, 4.69) is 24.1 Å². The van der Waals surface area contributed by atoms with Crippen LogP contribution in [0.4, 0.5) is 10.2 Å². The first kappa shape index (κ1) is 17.9. The van der Waals surface area contributed by atoms with Crippen LogP contribution in [0.15, 0.2) is 12.3 Å². The molecule has 0 spiro atoms. The fourth-order valence-corrected chi connectivity index (χ4v) is 2.07. The van der Waals surface area contributed by atoms with Crippen LogP contribution in [-0.2, 0) is 11.3 Å². The van der Waals surface area contributed by atoms with E-state index in [1.807, 2.05) is 18.7 Å². The van der Waals surface area contributed by atoms with Crippen LogP contribution in [0.25, 0.3) is 0 Å². The summed E-state index contributed by atoms with van der Waals surface area (Å²) < 4.78 is 19.8. The number of hydrogen-bond acceptors (Lipinski definition) is 4. The van der Waals surface area contributed by atoms with Crippen LogP contribution >= 0.6 is 0 Å². The molecule has 5 heteroatoms. The van der Waals surface area contributed by atoms with E-state index in [9.17, 15) is 4.39 Å². The van der Waals surface area contributed by atoms with Crippen molar-refractivity contribution in [3.05, 3.63) is 23.6 Å². The van der Waals surface area contributed by atoms with Gasteiger partial charge >= 0.3 is 0 Å². The molecule has 0 fully saturated rings. The second-order valence-electron chi connectivity index (χ2n) is 5.98. The molecule has 1 aromatic heterocycles. The van der Waals surface area contributed by atoms with Crippen molar-refractivity contribution in [1.82, 2.24) is 10.3 Å². The number of nitrogens with zero attached hydrogens (tertiary/aromatic N) is 2. The molecular weight excluding hydrogens is 269 g/mol. The van der Waals surface area contributed by atoms with Crippen LogP contribution in [0, 0.1) is 11.7 Å². The molecule has 0 amide bonds. The van der Waals surface area contributed by atoms with Gasteiger partial charge in [0.1, 0.15) is 0 Å². The van der Waals surface area contributed by atoms with Crippen LogP contribution in [0.3, 0.4) is 0 Å². The predicted octanol–water partition coefficient (Wildman–Crippen LogP) is 2.83. The Morgan fingerprint density at radius 2 is 2.05 bits per heavy atom. The highest BCUT2D eigenvalue weighted by molar-refractivity contribution is 5.43. The van der Waals surface area contributed by atoms with Gasteiger partial charge in [-0.05, 0) is 12.0 Å². The zero-order valence-corrected chi connectivity index (χ0v) is 13.8. The van der Waals surface area contributed by atoms with Gasteiger partial charge in [-0.15, -0.1) is 0 Å². The minimum atomic E-state index is -0.234. The van der Waals surface area contributed by atoms with Crippen molar-refractivity contribution in [3.8, 4) is 0 Å². The van der Waals surface area contributed by atoms with Gasteiger partial charge in [-0.2, -0.15) is 0 Å². The van der Waals surface area contributed by atoms with Crippen LogP contribution in [0.5, 0.6) is 0 Å². The van der Waals surface area contributed by atoms with Crippen molar-refractivity contribution in [3.63, 3.8) is 0 Å². The molecule has 0 aliphatic rings. The Morgan fingerprint density at radius 3 is 2.62 bits per heavy atom. The molecular formula is C16H28FN3O. The fourth-order valence-electron chi connectivity index (χ4n) is 2.07. The Hall–Kier alpha value is -1.20. The SMILES string of the molecule is COCCN(CC(C)C)c1nccc(CNC(C)C)c1F. The molecule has 0 radical (unpaired) electrons. The zero-order chi connectivity index (χ0) is 15.8. The van der Waals surface area contributed by atoms with Gasteiger partial charge in [0.2, 0.25) is 0 Å². The van der Waals surface area contributed by atoms with Crippen LogP contribution in [0.1, 0.15) is 33.3 Å². The number of ether oxygens (including phenoxy) is 1. The topological polar surface area (TPSA) is 37.4 Å². The maximum Gasteiger partial charge on any atom is 0.170 e. The summed E-state index contributed by atoms with van der Waals surface area (Å²) in [5, 5.41) is 3.24. The van der Waals surface area contributed by atoms with E-state index in [0.29, 0.717) is 43.0 Å². The van der Waals surface area contributed by atoms with Gasteiger partial charge in [0, 0.05) is 44.5 Å².